The molecule has 7 atom stereocenters. The summed E-state index contributed by atoms with van der Waals surface area (Å²) in [5.41, 5.74) is 2.09. The minimum absolute atomic E-state index is 0.207. The lowest BCUT2D eigenvalue weighted by Gasteiger charge is -2.58. The quantitative estimate of drug-likeness (QED) is 0.671. The Kier molecular flexibility index (Phi) is 3.82. The Morgan fingerprint density at radius 2 is 1.88 bits per heavy atom. The molecule has 2 nitrogen and oxygen atoms in total. The lowest BCUT2D eigenvalue weighted by molar-refractivity contribution is -0.118. The molecule has 3 saturated carbocycles. The first-order valence-electron chi connectivity index (χ1n) is 10.1. The highest BCUT2D eigenvalue weighted by molar-refractivity contribution is 5.91. The normalized spacial score (nSPS) is 48.8. The predicted octanol–water partition coefficient (Wildman–Crippen LogP) is 4.97. The molecule has 1 unspecified atom stereocenters. The predicted molar refractivity (Wildman–Crippen MR) is 95.4 cm³/mol. The minimum Gasteiger partial charge on any atom is -0.303 e. The van der Waals surface area contributed by atoms with Gasteiger partial charge in [0.2, 0.25) is 0 Å². The first kappa shape index (κ1) is 16.5. The van der Waals surface area contributed by atoms with Gasteiger partial charge in [0.1, 0.15) is 6.29 Å². The van der Waals surface area contributed by atoms with E-state index in [0.717, 1.165) is 37.0 Å². The van der Waals surface area contributed by atoms with Gasteiger partial charge in [-0.05, 0) is 85.5 Å². The third-order valence-electron chi connectivity index (χ3n) is 8.88. The first-order chi connectivity index (χ1) is 11.4. The molecule has 4 rings (SSSR count). The lowest BCUT2D eigenvalue weighted by Crippen LogP contribution is -2.51. The third-order valence-corrected chi connectivity index (χ3v) is 8.88. The highest BCUT2D eigenvalue weighted by atomic mass is 16.1. The number of aldehydes is 1. The molecule has 2 heteroatoms. The van der Waals surface area contributed by atoms with E-state index in [2.05, 4.69) is 20.8 Å². The summed E-state index contributed by atoms with van der Waals surface area (Å²) < 4.78 is 0. The maximum Gasteiger partial charge on any atom is 0.155 e. The maximum absolute atomic E-state index is 11.9. The zero-order valence-corrected chi connectivity index (χ0v) is 15.5. The van der Waals surface area contributed by atoms with Gasteiger partial charge in [0.05, 0.1) is 0 Å². The van der Waals surface area contributed by atoms with Crippen LogP contribution in [0.3, 0.4) is 0 Å². The fourth-order valence-corrected chi connectivity index (χ4v) is 7.56. The molecule has 0 radical (unpaired) electrons. The van der Waals surface area contributed by atoms with Crippen LogP contribution in [-0.2, 0) is 9.59 Å². The van der Waals surface area contributed by atoms with Gasteiger partial charge in [-0.1, -0.05) is 26.3 Å². The number of fused-ring (bicyclic) bond motifs is 5. The van der Waals surface area contributed by atoms with E-state index >= 15 is 0 Å². The molecule has 0 saturated heterocycles. The lowest BCUT2D eigenvalue weighted by atomic mass is 9.46. The molecule has 0 aromatic carbocycles. The zero-order chi connectivity index (χ0) is 17.1. The molecule has 0 aromatic heterocycles. The van der Waals surface area contributed by atoms with Gasteiger partial charge in [-0.2, -0.15) is 0 Å². The molecule has 3 fully saturated rings. The standard InChI is InChI=1S/C22H32O2/c1-14(13-23)18-6-7-19-17-5-4-15-12-16(24)8-10-21(15,2)20(17)9-11-22(18,19)3/h12-14,17-20H,4-11H2,1-3H3/t14?,17-,18+,19-,20+,21-,22+/m0/s1. The van der Waals surface area contributed by atoms with Crippen molar-refractivity contribution in [2.24, 2.45) is 40.4 Å². The molecule has 0 aromatic rings. The molecular weight excluding hydrogens is 296 g/mol. The van der Waals surface area contributed by atoms with Crippen molar-refractivity contribution in [1.82, 2.24) is 0 Å². The van der Waals surface area contributed by atoms with Gasteiger partial charge in [-0.25, -0.2) is 0 Å². The molecule has 132 valence electrons. The van der Waals surface area contributed by atoms with Crippen LogP contribution in [0.15, 0.2) is 11.6 Å². The van der Waals surface area contributed by atoms with Gasteiger partial charge in [0, 0.05) is 12.3 Å². The van der Waals surface area contributed by atoms with Crippen LogP contribution in [0.2, 0.25) is 0 Å². The van der Waals surface area contributed by atoms with Gasteiger partial charge in [0.25, 0.3) is 0 Å². The molecular formula is C22H32O2. The molecule has 0 aliphatic heterocycles. The Morgan fingerprint density at radius 1 is 1.08 bits per heavy atom. The smallest absolute Gasteiger partial charge is 0.155 e. The number of allylic oxidation sites excluding steroid dienone is 1. The summed E-state index contributed by atoms with van der Waals surface area (Å²) >= 11 is 0. The summed E-state index contributed by atoms with van der Waals surface area (Å²) in [6.07, 6.45) is 12.5. The van der Waals surface area contributed by atoms with Crippen molar-refractivity contribution >= 4 is 12.1 Å². The second-order valence-corrected chi connectivity index (χ2v) is 9.69. The van der Waals surface area contributed by atoms with Crippen LogP contribution in [0.4, 0.5) is 0 Å². The SMILES string of the molecule is CC(C=O)[C@H]1CC[C@H]2[C@@H]3CCC4=CC(=O)CC[C@]4(C)[C@@H]3CC[C@]12C. The largest absolute Gasteiger partial charge is 0.303 e. The highest BCUT2D eigenvalue weighted by Crippen LogP contribution is 2.67. The number of hydrogen-bond acceptors (Lipinski definition) is 2. The second kappa shape index (κ2) is 5.54. The highest BCUT2D eigenvalue weighted by Gasteiger charge is 2.59. The van der Waals surface area contributed by atoms with Crippen molar-refractivity contribution in [2.75, 3.05) is 0 Å². The van der Waals surface area contributed by atoms with Crippen molar-refractivity contribution < 1.29 is 9.59 Å². The van der Waals surface area contributed by atoms with Crippen LogP contribution >= 0.6 is 0 Å². The molecule has 0 bridgehead atoms. The van der Waals surface area contributed by atoms with Crippen molar-refractivity contribution in [2.45, 2.75) is 72.1 Å². The summed E-state index contributed by atoms with van der Waals surface area (Å²) in [6, 6.07) is 0. The monoisotopic (exact) mass is 328 g/mol. The maximum atomic E-state index is 11.9. The first-order valence-corrected chi connectivity index (χ1v) is 10.1. The van der Waals surface area contributed by atoms with Gasteiger partial charge < -0.3 is 4.79 Å². The fraction of sp³-hybridized carbons (Fsp3) is 0.818. The summed E-state index contributed by atoms with van der Waals surface area (Å²) in [6.45, 7) is 7.07. The molecule has 0 spiro atoms. The zero-order valence-electron chi connectivity index (χ0n) is 15.5. The van der Waals surface area contributed by atoms with Crippen molar-refractivity contribution in [3.8, 4) is 0 Å². The average Bonchev–Trinajstić information content (AvgIpc) is 2.92. The van der Waals surface area contributed by atoms with Gasteiger partial charge in [-0.15, -0.1) is 0 Å². The van der Waals surface area contributed by atoms with Crippen LogP contribution in [-0.4, -0.2) is 12.1 Å². The van der Waals surface area contributed by atoms with Gasteiger partial charge in [0.15, 0.2) is 5.78 Å². The van der Waals surface area contributed by atoms with Gasteiger partial charge in [-0.3, -0.25) is 4.79 Å². The summed E-state index contributed by atoms with van der Waals surface area (Å²) in [5, 5.41) is 0. The van der Waals surface area contributed by atoms with Crippen LogP contribution in [0.5, 0.6) is 0 Å². The van der Waals surface area contributed by atoms with E-state index in [1.54, 1.807) is 0 Å². The van der Waals surface area contributed by atoms with E-state index in [0.29, 0.717) is 17.1 Å². The summed E-state index contributed by atoms with van der Waals surface area (Å²) in [7, 11) is 0. The molecule has 0 heterocycles. The number of ketones is 1. The Morgan fingerprint density at radius 3 is 2.62 bits per heavy atom. The Hall–Kier alpha value is -0.920. The van der Waals surface area contributed by atoms with Crippen LogP contribution < -0.4 is 0 Å². The molecule has 0 amide bonds. The topological polar surface area (TPSA) is 34.1 Å². The van der Waals surface area contributed by atoms with Crippen molar-refractivity contribution in [3.63, 3.8) is 0 Å². The Balaban J connectivity index is 1.65. The molecule has 0 N–H and O–H groups in total. The van der Waals surface area contributed by atoms with E-state index in [1.165, 1.54) is 44.0 Å². The average molecular weight is 328 g/mol. The molecule has 4 aliphatic rings. The van der Waals surface area contributed by atoms with E-state index in [4.69, 9.17) is 0 Å². The van der Waals surface area contributed by atoms with Gasteiger partial charge >= 0.3 is 0 Å². The number of rotatable bonds is 2. The summed E-state index contributed by atoms with van der Waals surface area (Å²) in [5.74, 6) is 3.50. The van der Waals surface area contributed by atoms with Crippen LogP contribution in [0.25, 0.3) is 0 Å². The van der Waals surface area contributed by atoms with Crippen molar-refractivity contribution in [3.05, 3.63) is 11.6 Å². The van der Waals surface area contributed by atoms with E-state index in [-0.39, 0.29) is 11.3 Å². The van der Waals surface area contributed by atoms with E-state index < -0.39 is 0 Å². The Bertz CT molecular complexity index is 591. The second-order valence-electron chi connectivity index (χ2n) is 9.69. The third kappa shape index (κ3) is 2.14. The van der Waals surface area contributed by atoms with E-state index in [1.807, 2.05) is 6.08 Å². The van der Waals surface area contributed by atoms with E-state index in [9.17, 15) is 9.59 Å². The fourth-order valence-electron chi connectivity index (χ4n) is 7.56. The van der Waals surface area contributed by atoms with Crippen molar-refractivity contribution in [1.29, 1.82) is 0 Å². The minimum atomic E-state index is 0.207. The molecule has 24 heavy (non-hydrogen) atoms. The summed E-state index contributed by atoms with van der Waals surface area (Å²) in [4.78, 5) is 23.3. The number of carbonyl (C=O) groups is 2. The number of carbonyl (C=O) groups excluding carboxylic acids is 2. The molecule has 4 aliphatic carbocycles. The van der Waals surface area contributed by atoms with Crippen LogP contribution in [0, 0.1) is 40.4 Å². The number of hydrogen-bond donors (Lipinski definition) is 0. The van der Waals surface area contributed by atoms with Crippen LogP contribution in [0.1, 0.15) is 72.1 Å². The Labute approximate surface area is 146 Å².